The molecule has 0 atom stereocenters. The Kier molecular flexibility index (Phi) is 35.5. The molecule has 0 radical (unpaired) electrons. The molecule has 0 aliphatic heterocycles. The van der Waals surface area contributed by atoms with Crippen LogP contribution in [0.15, 0.2) is 0 Å². The number of ether oxygens (including phenoxy) is 2. The van der Waals surface area contributed by atoms with Crippen molar-refractivity contribution >= 4 is 11.9 Å². The van der Waals surface area contributed by atoms with Crippen molar-refractivity contribution in [3.05, 3.63) is 0 Å². The Morgan fingerprint density at radius 1 is 0.341 bits per heavy atom. The molecule has 0 saturated heterocycles. The smallest absolute Gasteiger partial charge is 0.308 e. The molecule has 262 valence electrons. The summed E-state index contributed by atoms with van der Waals surface area (Å²) >= 11 is 0. The summed E-state index contributed by atoms with van der Waals surface area (Å²) in [5.41, 5.74) is 0. The van der Waals surface area contributed by atoms with E-state index in [2.05, 4.69) is 20.8 Å². The molecule has 0 spiro atoms. The summed E-state index contributed by atoms with van der Waals surface area (Å²) in [6.07, 6.45) is 39.9. The van der Waals surface area contributed by atoms with Crippen LogP contribution in [0.25, 0.3) is 0 Å². The lowest BCUT2D eigenvalue weighted by molar-refractivity contribution is -0.189. The summed E-state index contributed by atoms with van der Waals surface area (Å²) in [5.74, 6) is -0.416. The van der Waals surface area contributed by atoms with Gasteiger partial charge >= 0.3 is 11.9 Å². The molecule has 0 aliphatic carbocycles. The predicted octanol–water partition coefficient (Wildman–Crippen LogP) is 13.7. The van der Waals surface area contributed by atoms with Gasteiger partial charge in [-0.15, -0.1) is 0 Å². The number of carbonyl (C=O) groups is 2. The molecule has 0 aromatic carbocycles. The van der Waals surface area contributed by atoms with Crippen LogP contribution in [0.5, 0.6) is 0 Å². The van der Waals surface area contributed by atoms with Crippen LogP contribution in [0, 0.1) is 0 Å². The standard InChI is InChI=1S/C40H78O4/c1-4-7-10-13-15-17-19-21-23-25-27-30-32-35-38(41)43-40(37-34-29-12-9-6-3)44-39(42)36-33-31-28-26-24-22-20-18-16-14-11-8-5-2/h40H,4-37H2,1-3H3. The first-order chi connectivity index (χ1) is 21.6. The minimum absolute atomic E-state index is 0.208. The number of esters is 2. The number of hydrogen-bond donors (Lipinski definition) is 0. The molecule has 0 fully saturated rings. The zero-order valence-electron chi connectivity index (χ0n) is 30.3. The van der Waals surface area contributed by atoms with Gasteiger partial charge in [0.1, 0.15) is 0 Å². The van der Waals surface area contributed by atoms with Gasteiger partial charge in [0.15, 0.2) is 0 Å². The topological polar surface area (TPSA) is 52.6 Å². The lowest BCUT2D eigenvalue weighted by atomic mass is 10.0. The normalized spacial score (nSPS) is 11.4. The average Bonchev–Trinajstić information content (AvgIpc) is 3.01. The van der Waals surface area contributed by atoms with Gasteiger partial charge in [-0.25, -0.2) is 0 Å². The molecular formula is C40H78O4. The highest BCUT2D eigenvalue weighted by atomic mass is 16.7. The first kappa shape index (κ1) is 42.9. The first-order valence-electron chi connectivity index (χ1n) is 20.0. The Balaban J connectivity index is 3.97. The third kappa shape index (κ3) is 33.8. The fourth-order valence-electron chi connectivity index (χ4n) is 6.04. The van der Waals surface area contributed by atoms with Crippen LogP contribution >= 0.6 is 0 Å². The maximum atomic E-state index is 12.5. The van der Waals surface area contributed by atoms with Gasteiger partial charge in [0.05, 0.1) is 0 Å². The summed E-state index contributed by atoms with van der Waals surface area (Å²) < 4.78 is 11.3. The van der Waals surface area contributed by atoms with E-state index in [0.717, 1.165) is 38.5 Å². The lowest BCUT2D eigenvalue weighted by Gasteiger charge is -2.18. The minimum atomic E-state index is -0.708. The number of unbranched alkanes of at least 4 members (excludes halogenated alkanes) is 28. The highest BCUT2D eigenvalue weighted by molar-refractivity contribution is 5.71. The maximum absolute atomic E-state index is 12.5. The maximum Gasteiger partial charge on any atom is 0.308 e. The van der Waals surface area contributed by atoms with Crippen molar-refractivity contribution in [3.8, 4) is 0 Å². The van der Waals surface area contributed by atoms with Crippen LogP contribution in [0.4, 0.5) is 0 Å². The van der Waals surface area contributed by atoms with Gasteiger partial charge < -0.3 is 9.47 Å². The SMILES string of the molecule is CCCCCCCCCCCCCCCC(=O)OC(CCCCCCC)OC(=O)CCCCCCCCCCCCCCC. The van der Waals surface area contributed by atoms with Crippen molar-refractivity contribution in [3.63, 3.8) is 0 Å². The molecule has 0 saturated carbocycles. The molecule has 0 unspecified atom stereocenters. The number of hydrogen-bond acceptors (Lipinski definition) is 4. The Morgan fingerprint density at radius 3 is 0.841 bits per heavy atom. The number of carbonyl (C=O) groups excluding carboxylic acids is 2. The van der Waals surface area contributed by atoms with Gasteiger partial charge in [-0.2, -0.15) is 0 Å². The highest BCUT2D eigenvalue weighted by Gasteiger charge is 2.18. The third-order valence-corrected chi connectivity index (χ3v) is 9.04. The summed E-state index contributed by atoms with van der Waals surface area (Å²) in [4.78, 5) is 25.1. The van der Waals surface area contributed by atoms with E-state index < -0.39 is 6.29 Å². The van der Waals surface area contributed by atoms with Crippen molar-refractivity contribution in [2.45, 2.75) is 245 Å². The Hall–Kier alpha value is -1.06. The van der Waals surface area contributed by atoms with Gasteiger partial charge in [-0.3, -0.25) is 9.59 Å². The van der Waals surface area contributed by atoms with Gasteiger partial charge in [0.2, 0.25) is 6.29 Å². The van der Waals surface area contributed by atoms with E-state index in [0.29, 0.717) is 19.3 Å². The molecule has 4 heteroatoms. The molecule has 0 rings (SSSR count). The second kappa shape index (κ2) is 36.4. The molecule has 0 amide bonds. The van der Waals surface area contributed by atoms with E-state index in [1.54, 1.807) is 0 Å². The first-order valence-corrected chi connectivity index (χ1v) is 20.0. The van der Waals surface area contributed by atoms with Crippen molar-refractivity contribution in [1.29, 1.82) is 0 Å². The largest absolute Gasteiger partial charge is 0.425 e. The Bertz CT molecular complexity index is 546. The molecule has 44 heavy (non-hydrogen) atoms. The predicted molar refractivity (Wildman–Crippen MR) is 190 cm³/mol. The summed E-state index contributed by atoms with van der Waals surface area (Å²) in [7, 11) is 0. The fraction of sp³-hybridized carbons (Fsp3) is 0.950. The average molecular weight is 623 g/mol. The molecule has 0 aliphatic rings. The van der Waals surface area contributed by atoms with Crippen molar-refractivity contribution < 1.29 is 19.1 Å². The van der Waals surface area contributed by atoms with Gasteiger partial charge in [0.25, 0.3) is 0 Å². The van der Waals surface area contributed by atoms with Crippen molar-refractivity contribution in [2.75, 3.05) is 0 Å². The van der Waals surface area contributed by atoms with Crippen LogP contribution in [0.3, 0.4) is 0 Å². The summed E-state index contributed by atoms with van der Waals surface area (Å²) in [5, 5.41) is 0. The molecule has 0 bridgehead atoms. The van der Waals surface area contributed by atoms with Gasteiger partial charge in [0, 0.05) is 19.3 Å². The van der Waals surface area contributed by atoms with Gasteiger partial charge in [-0.05, 0) is 19.3 Å². The molecule has 0 aromatic heterocycles. The van der Waals surface area contributed by atoms with Crippen LogP contribution in [0.1, 0.15) is 239 Å². The van der Waals surface area contributed by atoms with Crippen LogP contribution in [0.2, 0.25) is 0 Å². The van der Waals surface area contributed by atoms with Crippen LogP contribution in [-0.4, -0.2) is 18.2 Å². The van der Waals surface area contributed by atoms with Crippen molar-refractivity contribution in [2.24, 2.45) is 0 Å². The molecular weight excluding hydrogens is 544 g/mol. The zero-order chi connectivity index (χ0) is 32.2. The lowest BCUT2D eigenvalue weighted by Crippen LogP contribution is -2.24. The number of rotatable bonds is 36. The summed E-state index contributed by atoms with van der Waals surface area (Å²) in [6.45, 7) is 6.75. The zero-order valence-corrected chi connectivity index (χ0v) is 30.3. The fourth-order valence-corrected chi connectivity index (χ4v) is 6.04. The van der Waals surface area contributed by atoms with Crippen molar-refractivity contribution in [1.82, 2.24) is 0 Å². The van der Waals surface area contributed by atoms with Crippen LogP contribution in [-0.2, 0) is 19.1 Å². The molecule has 4 nitrogen and oxygen atoms in total. The van der Waals surface area contributed by atoms with E-state index in [-0.39, 0.29) is 11.9 Å². The minimum Gasteiger partial charge on any atom is -0.425 e. The Labute approximate surface area is 276 Å². The van der Waals surface area contributed by atoms with E-state index in [1.165, 1.54) is 161 Å². The van der Waals surface area contributed by atoms with E-state index in [1.807, 2.05) is 0 Å². The Morgan fingerprint density at radius 2 is 0.568 bits per heavy atom. The highest BCUT2D eigenvalue weighted by Crippen LogP contribution is 2.17. The van der Waals surface area contributed by atoms with E-state index >= 15 is 0 Å². The van der Waals surface area contributed by atoms with Gasteiger partial charge in [-0.1, -0.05) is 201 Å². The quantitative estimate of drug-likeness (QED) is 0.0396. The monoisotopic (exact) mass is 623 g/mol. The second-order valence-electron chi connectivity index (χ2n) is 13.6. The molecule has 0 N–H and O–H groups in total. The third-order valence-electron chi connectivity index (χ3n) is 9.04. The second-order valence-corrected chi connectivity index (χ2v) is 13.6. The molecule has 0 aromatic rings. The van der Waals surface area contributed by atoms with E-state index in [4.69, 9.17) is 9.47 Å². The van der Waals surface area contributed by atoms with Crippen LogP contribution < -0.4 is 0 Å². The van der Waals surface area contributed by atoms with E-state index in [9.17, 15) is 9.59 Å². The molecule has 0 heterocycles. The summed E-state index contributed by atoms with van der Waals surface area (Å²) in [6, 6.07) is 0.